The van der Waals surface area contributed by atoms with Crippen LogP contribution in [0.25, 0.3) is 32.3 Å². The van der Waals surface area contributed by atoms with Crippen LogP contribution in [0.1, 0.15) is 10.4 Å². The smallest absolute Gasteiger partial charge is 0.265 e. The summed E-state index contributed by atoms with van der Waals surface area (Å²) in [5.74, 6) is 5.01. The summed E-state index contributed by atoms with van der Waals surface area (Å²) < 4.78 is 0. The summed E-state index contributed by atoms with van der Waals surface area (Å²) in [5.41, 5.74) is 2.80. The molecule has 22 heavy (non-hydrogen) atoms. The molecule has 0 spiro atoms. The quantitative estimate of drug-likeness (QED) is 0.184. The van der Waals surface area contributed by atoms with Crippen molar-refractivity contribution < 1.29 is 4.79 Å². The molecule has 0 aliphatic heterocycles. The molecule has 4 rings (SSSR count). The molecule has 0 fully saturated rings. The molecule has 0 atom stereocenters. The van der Waals surface area contributed by atoms with Gasteiger partial charge in [0.15, 0.2) is 0 Å². The zero-order chi connectivity index (χ0) is 15.1. The van der Waals surface area contributed by atoms with Crippen LogP contribution in [0.3, 0.4) is 0 Å². The van der Waals surface area contributed by atoms with Crippen LogP contribution in [0, 0.1) is 0 Å². The fourth-order valence-electron chi connectivity index (χ4n) is 3.06. The number of nitrogen functional groups attached to an aromatic ring is 1. The second kappa shape index (κ2) is 4.83. The topological polar surface area (TPSA) is 55.1 Å². The Morgan fingerprint density at radius 1 is 0.727 bits per heavy atom. The number of fused-ring (bicyclic) bond motifs is 4. The molecule has 0 aliphatic carbocycles. The Labute approximate surface area is 127 Å². The number of hydrazine groups is 1. The molecule has 0 unspecified atom stereocenters. The first-order valence-electron chi connectivity index (χ1n) is 7.13. The van der Waals surface area contributed by atoms with Crippen molar-refractivity contribution in [2.45, 2.75) is 0 Å². The fraction of sp³-hybridized carbons (Fsp3) is 0. The van der Waals surface area contributed by atoms with Gasteiger partial charge in [0.1, 0.15) is 0 Å². The van der Waals surface area contributed by atoms with Crippen LogP contribution in [-0.2, 0) is 0 Å². The standard InChI is InChI=1S/C19H14N2O/c20-21-19(22)17-7-3-6-15-16(17)9-8-14-10-12-4-1-2-5-13(12)11-18(14)15/h1-11H,20H2,(H,21,22). The SMILES string of the molecule is NNC(=O)c1cccc2c1ccc1cc3ccccc3cc12. The van der Waals surface area contributed by atoms with E-state index in [0.29, 0.717) is 5.56 Å². The summed E-state index contributed by atoms with van der Waals surface area (Å²) in [5, 5.41) is 6.68. The van der Waals surface area contributed by atoms with E-state index in [1.54, 1.807) is 6.07 Å². The second-order valence-corrected chi connectivity index (χ2v) is 5.36. The molecule has 0 heterocycles. The first-order valence-corrected chi connectivity index (χ1v) is 7.13. The number of hydrogen-bond acceptors (Lipinski definition) is 2. The maximum absolute atomic E-state index is 11.9. The van der Waals surface area contributed by atoms with Crippen molar-refractivity contribution in [3.63, 3.8) is 0 Å². The Morgan fingerprint density at radius 3 is 2.27 bits per heavy atom. The maximum Gasteiger partial charge on any atom is 0.265 e. The lowest BCUT2D eigenvalue weighted by Crippen LogP contribution is -2.30. The van der Waals surface area contributed by atoms with E-state index in [4.69, 9.17) is 5.84 Å². The molecule has 0 aromatic heterocycles. The number of nitrogens with one attached hydrogen (secondary N) is 1. The van der Waals surface area contributed by atoms with Crippen LogP contribution in [0.15, 0.2) is 66.7 Å². The van der Waals surface area contributed by atoms with Gasteiger partial charge in [0.25, 0.3) is 5.91 Å². The Bertz CT molecular complexity index is 1040. The van der Waals surface area contributed by atoms with Crippen molar-refractivity contribution in [3.05, 3.63) is 72.3 Å². The fourth-order valence-corrected chi connectivity index (χ4v) is 3.06. The highest BCUT2D eigenvalue weighted by molar-refractivity contribution is 6.17. The summed E-state index contributed by atoms with van der Waals surface area (Å²) in [6, 6.07) is 22.4. The number of carbonyl (C=O) groups excluding carboxylic acids is 1. The third-order valence-corrected chi connectivity index (χ3v) is 4.12. The van der Waals surface area contributed by atoms with Gasteiger partial charge < -0.3 is 0 Å². The lowest BCUT2D eigenvalue weighted by molar-refractivity contribution is 0.0955. The van der Waals surface area contributed by atoms with Crippen molar-refractivity contribution in [1.82, 2.24) is 5.43 Å². The highest BCUT2D eigenvalue weighted by Gasteiger charge is 2.10. The lowest BCUT2D eigenvalue weighted by Gasteiger charge is -2.09. The Kier molecular flexibility index (Phi) is 2.81. The monoisotopic (exact) mass is 286 g/mol. The molecule has 4 aromatic carbocycles. The second-order valence-electron chi connectivity index (χ2n) is 5.36. The van der Waals surface area contributed by atoms with Gasteiger partial charge in [0, 0.05) is 5.56 Å². The minimum atomic E-state index is -0.272. The average Bonchev–Trinajstić information content (AvgIpc) is 2.58. The summed E-state index contributed by atoms with van der Waals surface area (Å²) in [6.07, 6.45) is 0. The van der Waals surface area contributed by atoms with Gasteiger partial charge in [-0.15, -0.1) is 0 Å². The van der Waals surface area contributed by atoms with Crippen LogP contribution >= 0.6 is 0 Å². The van der Waals surface area contributed by atoms with Gasteiger partial charge in [-0.25, -0.2) is 5.84 Å². The van der Waals surface area contributed by atoms with Gasteiger partial charge in [0.05, 0.1) is 0 Å². The zero-order valence-corrected chi connectivity index (χ0v) is 11.8. The number of hydrogen-bond donors (Lipinski definition) is 2. The predicted octanol–water partition coefficient (Wildman–Crippen LogP) is 3.75. The van der Waals surface area contributed by atoms with E-state index < -0.39 is 0 Å². The van der Waals surface area contributed by atoms with E-state index in [0.717, 1.165) is 21.5 Å². The van der Waals surface area contributed by atoms with Gasteiger partial charge in [-0.1, -0.05) is 48.5 Å². The van der Waals surface area contributed by atoms with E-state index in [1.165, 1.54) is 10.8 Å². The van der Waals surface area contributed by atoms with E-state index in [-0.39, 0.29) is 5.91 Å². The molecule has 0 radical (unpaired) electrons. The summed E-state index contributed by atoms with van der Waals surface area (Å²) >= 11 is 0. The van der Waals surface area contributed by atoms with Gasteiger partial charge >= 0.3 is 0 Å². The van der Waals surface area contributed by atoms with Crippen LogP contribution in [-0.4, -0.2) is 5.91 Å². The Balaban J connectivity index is 2.14. The van der Waals surface area contributed by atoms with Crippen molar-refractivity contribution in [1.29, 1.82) is 0 Å². The van der Waals surface area contributed by atoms with Gasteiger partial charge in [-0.05, 0) is 50.5 Å². The van der Waals surface area contributed by atoms with E-state index >= 15 is 0 Å². The third-order valence-electron chi connectivity index (χ3n) is 4.12. The van der Waals surface area contributed by atoms with E-state index in [1.807, 2.05) is 30.3 Å². The van der Waals surface area contributed by atoms with Crippen molar-refractivity contribution in [3.8, 4) is 0 Å². The highest BCUT2D eigenvalue weighted by atomic mass is 16.2. The molecule has 106 valence electrons. The molecule has 0 bridgehead atoms. The number of amides is 1. The molecule has 3 nitrogen and oxygen atoms in total. The molecule has 0 saturated heterocycles. The molecular formula is C19H14N2O. The third kappa shape index (κ3) is 1.84. The number of carbonyl (C=O) groups is 1. The molecular weight excluding hydrogens is 272 g/mol. The number of benzene rings is 4. The number of nitrogens with two attached hydrogens (primary N) is 1. The minimum absolute atomic E-state index is 0.272. The van der Waals surface area contributed by atoms with Gasteiger partial charge in [0.2, 0.25) is 0 Å². The largest absolute Gasteiger partial charge is 0.290 e. The molecule has 3 N–H and O–H groups in total. The predicted molar refractivity (Wildman–Crippen MR) is 90.6 cm³/mol. The maximum atomic E-state index is 11.9. The molecule has 4 aromatic rings. The van der Waals surface area contributed by atoms with Crippen LogP contribution in [0.5, 0.6) is 0 Å². The van der Waals surface area contributed by atoms with Crippen molar-refractivity contribution in [2.24, 2.45) is 5.84 Å². The van der Waals surface area contributed by atoms with Crippen LogP contribution in [0.2, 0.25) is 0 Å². The van der Waals surface area contributed by atoms with E-state index in [2.05, 4.69) is 35.8 Å². The van der Waals surface area contributed by atoms with Gasteiger partial charge in [-0.2, -0.15) is 0 Å². The Hall–Kier alpha value is -2.91. The zero-order valence-electron chi connectivity index (χ0n) is 11.8. The summed E-state index contributed by atoms with van der Waals surface area (Å²) in [7, 11) is 0. The molecule has 1 amide bonds. The molecule has 0 saturated carbocycles. The van der Waals surface area contributed by atoms with Crippen molar-refractivity contribution >= 4 is 38.2 Å². The minimum Gasteiger partial charge on any atom is -0.290 e. The van der Waals surface area contributed by atoms with Gasteiger partial charge in [-0.3, -0.25) is 10.2 Å². The Morgan fingerprint density at radius 2 is 1.50 bits per heavy atom. The highest BCUT2D eigenvalue weighted by Crippen LogP contribution is 2.30. The van der Waals surface area contributed by atoms with Crippen LogP contribution < -0.4 is 11.3 Å². The summed E-state index contributed by atoms with van der Waals surface area (Å²) in [4.78, 5) is 11.9. The van der Waals surface area contributed by atoms with Crippen molar-refractivity contribution in [2.75, 3.05) is 0 Å². The first-order chi connectivity index (χ1) is 10.8. The number of rotatable bonds is 1. The molecule has 3 heteroatoms. The normalized spacial score (nSPS) is 11.1. The lowest BCUT2D eigenvalue weighted by atomic mass is 9.96. The average molecular weight is 286 g/mol. The first kappa shape index (κ1) is 12.8. The summed E-state index contributed by atoms with van der Waals surface area (Å²) in [6.45, 7) is 0. The van der Waals surface area contributed by atoms with Crippen LogP contribution in [0.4, 0.5) is 0 Å². The molecule has 0 aliphatic rings. The van der Waals surface area contributed by atoms with E-state index in [9.17, 15) is 4.79 Å².